The molecule has 0 atom stereocenters. The number of carbonyl (C=O) groups is 1. The molecule has 0 amide bonds. The third kappa shape index (κ3) is 4.81. The van der Waals surface area contributed by atoms with Crippen LogP contribution in [0.2, 0.25) is 0 Å². The van der Waals surface area contributed by atoms with Crippen LogP contribution in [0, 0.1) is 0 Å². The molecule has 0 radical (unpaired) electrons. The van der Waals surface area contributed by atoms with Crippen molar-refractivity contribution in [3.05, 3.63) is 42.0 Å². The molecule has 0 spiro atoms. The molecule has 174 valence electrons. The van der Waals surface area contributed by atoms with Gasteiger partial charge >= 0.3 is 5.97 Å². The van der Waals surface area contributed by atoms with Crippen molar-refractivity contribution in [3.8, 4) is 11.5 Å². The van der Waals surface area contributed by atoms with Crippen LogP contribution in [0.15, 0.2) is 46.2 Å². The number of hydrogen-bond acceptors (Lipinski definition) is 7. The van der Waals surface area contributed by atoms with Gasteiger partial charge in [-0.1, -0.05) is 6.42 Å². The first-order valence-corrected chi connectivity index (χ1v) is 12.6. The lowest BCUT2D eigenvalue weighted by Crippen LogP contribution is -2.35. The van der Waals surface area contributed by atoms with Crippen molar-refractivity contribution in [2.24, 2.45) is 0 Å². The number of carboxylic acids is 1. The van der Waals surface area contributed by atoms with Gasteiger partial charge in [0, 0.05) is 13.1 Å². The highest BCUT2D eigenvalue weighted by molar-refractivity contribution is 7.93. The third-order valence-electron chi connectivity index (χ3n) is 5.07. The van der Waals surface area contributed by atoms with E-state index in [2.05, 4.69) is 4.72 Å². The second-order valence-electron chi connectivity index (χ2n) is 7.10. The standard InChI is InChI=1S/C20H24N2O8S2/c1-29-17-9-7-15(32(27,28)22-10-4-3-5-11-22)13-16(17)21-31(25,26)19-12-14(20(23)24)6-8-18(19)30-2/h6-9,12-13,21H,3-5,10-11H2,1-2H3,(H,23,24). The number of piperidine rings is 1. The number of ether oxygens (including phenoxy) is 2. The highest BCUT2D eigenvalue weighted by Gasteiger charge is 2.28. The van der Waals surface area contributed by atoms with E-state index in [1.807, 2.05) is 0 Å². The SMILES string of the molecule is COc1ccc(S(=O)(=O)N2CCCCC2)cc1NS(=O)(=O)c1cc(C(=O)O)ccc1OC. The summed E-state index contributed by atoms with van der Waals surface area (Å²) in [7, 11) is -5.61. The quantitative estimate of drug-likeness (QED) is 0.582. The third-order valence-corrected chi connectivity index (χ3v) is 8.35. The zero-order valence-electron chi connectivity index (χ0n) is 17.6. The molecule has 0 saturated carbocycles. The Morgan fingerprint density at radius 1 is 0.938 bits per heavy atom. The van der Waals surface area contributed by atoms with E-state index in [0.717, 1.165) is 25.3 Å². The maximum atomic E-state index is 13.1. The number of nitrogens with zero attached hydrogens (tertiary/aromatic N) is 1. The van der Waals surface area contributed by atoms with Gasteiger partial charge in [-0.25, -0.2) is 21.6 Å². The number of benzene rings is 2. The van der Waals surface area contributed by atoms with Crippen LogP contribution in [0.5, 0.6) is 11.5 Å². The molecule has 2 aromatic rings. The molecule has 0 aliphatic carbocycles. The van der Waals surface area contributed by atoms with Crippen molar-refractivity contribution < 1.29 is 36.2 Å². The Kier molecular flexibility index (Phi) is 6.96. The van der Waals surface area contributed by atoms with Gasteiger partial charge in [0.15, 0.2) is 0 Å². The number of methoxy groups -OCH3 is 2. The Morgan fingerprint density at radius 3 is 2.16 bits per heavy atom. The summed E-state index contributed by atoms with van der Waals surface area (Å²) in [5.74, 6) is -1.28. The Morgan fingerprint density at radius 2 is 1.56 bits per heavy atom. The van der Waals surface area contributed by atoms with Crippen LogP contribution in [-0.2, 0) is 20.0 Å². The molecular weight excluding hydrogens is 460 g/mol. The summed E-state index contributed by atoms with van der Waals surface area (Å²) in [5, 5.41) is 9.21. The molecule has 32 heavy (non-hydrogen) atoms. The Hall–Kier alpha value is -2.83. The monoisotopic (exact) mass is 484 g/mol. The van der Waals surface area contributed by atoms with Gasteiger partial charge in [0.05, 0.1) is 30.4 Å². The van der Waals surface area contributed by atoms with Gasteiger partial charge in [-0.3, -0.25) is 4.72 Å². The molecule has 2 N–H and O–H groups in total. The highest BCUT2D eigenvalue weighted by atomic mass is 32.2. The summed E-state index contributed by atoms with van der Waals surface area (Å²) in [4.78, 5) is 10.8. The fourth-order valence-electron chi connectivity index (χ4n) is 3.40. The van der Waals surface area contributed by atoms with E-state index in [4.69, 9.17) is 9.47 Å². The van der Waals surface area contributed by atoms with Crippen LogP contribution in [0.25, 0.3) is 0 Å². The molecule has 1 aliphatic heterocycles. The topological polar surface area (TPSA) is 139 Å². The number of sulfonamides is 2. The van der Waals surface area contributed by atoms with Gasteiger partial charge in [-0.05, 0) is 49.2 Å². The van der Waals surface area contributed by atoms with Gasteiger partial charge in [-0.2, -0.15) is 4.31 Å². The molecule has 1 heterocycles. The van der Waals surface area contributed by atoms with Crippen LogP contribution < -0.4 is 14.2 Å². The van der Waals surface area contributed by atoms with E-state index < -0.39 is 30.9 Å². The Labute approximate surface area is 186 Å². The van der Waals surface area contributed by atoms with Gasteiger partial charge in [0.2, 0.25) is 10.0 Å². The minimum atomic E-state index is -4.36. The van der Waals surface area contributed by atoms with E-state index in [1.54, 1.807) is 0 Å². The molecule has 0 aromatic heterocycles. The largest absolute Gasteiger partial charge is 0.495 e. The summed E-state index contributed by atoms with van der Waals surface area (Å²) in [6.07, 6.45) is 2.47. The van der Waals surface area contributed by atoms with Gasteiger partial charge in [-0.15, -0.1) is 0 Å². The normalized spacial score (nSPS) is 15.2. The van der Waals surface area contributed by atoms with Crippen molar-refractivity contribution in [2.45, 2.75) is 29.1 Å². The van der Waals surface area contributed by atoms with Gasteiger partial charge < -0.3 is 14.6 Å². The van der Waals surface area contributed by atoms with E-state index in [0.29, 0.717) is 13.1 Å². The van der Waals surface area contributed by atoms with Crippen molar-refractivity contribution >= 4 is 31.7 Å². The average molecular weight is 485 g/mol. The van der Waals surface area contributed by atoms with E-state index in [1.165, 1.54) is 48.9 Å². The van der Waals surface area contributed by atoms with Crippen molar-refractivity contribution in [1.82, 2.24) is 4.31 Å². The fourth-order valence-corrected chi connectivity index (χ4v) is 6.20. The molecule has 1 saturated heterocycles. The zero-order chi connectivity index (χ0) is 23.5. The minimum Gasteiger partial charge on any atom is -0.495 e. The molecule has 0 unspecified atom stereocenters. The number of anilines is 1. The van der Waals surface area contributed by atoms with E-state index in [9.17, 15) is 26.7 Å². The summed E-state index contributed by atoms with van der Waals surface area (Å²) in [5.41, 5.74) is -0.354. The van der Waals surface area contributed by atoms with Crippen LogP contribution in [0.4, 0.5) is 5.69 Å². The number of aromatic carboxylic acids is 1. The highest BCUT2D eigenvalue weighted by Crippen LogP contribution is 2.33. The van der Waals surface area contributed by atoms with Crippen LogP contribution in [-0.4, -0.2) is 59.5 Å². The Balaban J connectivity index is 2.04. The summed E-state index contributed by atoms with van der Waals surface area (Å²) < 4.78 is 66.2. The van der Waals surface area contributed by atoms with E-state index in [-0.39, 0.29) is 27.6 Å². The second kappa shape index (κ2) is 9.35. The first kappa shape index (κ1) is 23.8. The predicted octanol–water partition coefficient (Wildman–Crippen LogP) is 2.38. The maximum Gasteiger partial charge on any atom is 0.335 e. The first-order chi connectivity index (χ1) is 15.1. The average Bonchev–Trinajstić information content (AvgIpc) is 2.78. The van der Waals surface area contributed by atoms with Crippen molar-refractivity contribution in [3.63, 3.8) is 0 Å². The van der Waals surface area contributed by atoms with E-state index >= 15 is 0 Å². The van der Waals surface area contributed by atoms with Crippen LogP contribution in [0.3, 0.4) is 0 Å². The minimum absolute atomic E-state index is 0.0708. The van der Waals surface area contributed by atoms with Crippen LogP contribution >= 0.6 is 0 Å². The lowest BCUT2D eigenvalue weighted by Gasteiger charge is -2.26. The predicted molar refractivity (Wildman–Crippen MR) is 116 cm³/mol. The number of hydrogen-bond donors (Lipinski definition) is 2. The maximum absolute atomic E-state index is 13.1. The first-order valence-electron chi connectivity index (χ1n) is 9.72. The number of carboxylic acid groups (broad SMARTS) is 1. The lowest BCUT2D eigenvalue weighted by molar-refractivity contribution is 0.0696. The number of rotatable bonds is 8. The molecule has 10 nitrogen and oxygen atoms in total. The fraction of sp³-hybridized carbons (Fsp3) is 0.350. The molecule has 2 aromatic carbocycles. The summed E-state index contributed by atoms with van der Waals surface area (Å²) in [6, 6.07) is 7.31. The molecule has 1 aliphatic rings. The molecule has 12 heteroatoms. The smallest absolute Gasteiger partial charge is 0.335 e. The van der Waals surface area contributed by atoms with Crippen molar-refractivity contribution in [1.29, 1.82) is 0 Å². The van der Waals surface area contributed by atoms with Gasteiger partial charge in [0.25, 0.3) is 10.0 Å². The van der Waals surface area contributed by atoms with Gasteiger partial charge in [0.1, 0.15) is 16.4 Å². The molecule has 1 fully saturated rings. The van der Waals surface area contributed by atoms with Crippen molar-refractivity contribution in [2.75, 3.05) is 32.0 Å². The summed E-state index contributed by atoms with van der Waals surface area (Å²) in [6.45, 7) is 0.795. The molecule has 3 rings (SSSR count). The summed E-state index contributed by atoms with van der Waals surface area (Å²) >= 11 is 0. The lowest BCUT2D eigenvalue weighted by atomic mass is 10.2. The second-order valence-corrected chi connectivity index (χ2v) is 10.7. The Bertz CT molecular complexity index is 1220. The van der Waals surface area contributed by atoms with Crippen LogP contribution in [0.1, 0.15) is 29.6 Å². The molecule has 0 bridgehead atoms. The number of nitrogens with one attached hydrogen (secondary N) is 1. The molecular formula is C20H24N2O8S2. The zero-order valence-corrected chi connectivity index (χ0v) is 19.2.